The maximum atomic E-state index is 6.00. The first-order valence-electron chi connectivity index (χ1n) is 5.92. The molecule has 2 rings (SSSR count). The van der Waals surface area contributed by atoms with Crippen molar-refractivity contribution in [3.63, 3.8) is 0 Å². The van der Waals surface area contributed by atoms with Gasteiger partial charge in [-0.3, -0.25) is 0 Å². The number of ether oxygens (including phenoxy) is 1. The third kappa shape index (κ3) is 1.70. The second-order valence-electron chi connectivity index (χ2n) is 5.80. The topological polar surface area (TPSA) is 35.2 Å². The molecule has 1 atom stereocenters. The lowest BCUT2D eigenvalue weighted by Crippen LogP contribution is -2.44. The quantitative estimate of drug-likeness (QED) is 0.700. The van der Waals surface area contributed by atoms with Crippen LogP contribution < -0.4 is 5.73 Å². The van der Waals surface area contributed by atoms with E-state index in [4.69, 9.17) is 10.5 Å². The van der Waals surface area contributed by atoms with Crippen LogP contribution in [0.3, 0.4) is 0 Å². The summed E-state index contributed by atoms with van der Waals surface area (Å²) in [5, 5.41) is 0. The van der Waals surface area contributed by atoms with Crippen LogP contribution in [0.2, 0.25) is 0 Å². The monoisotopic (exact) mass is 197 g/mol. The Kier molecular flexibility index (Phi) is 2.61. The molecule has 0 aromatic carbocycles. The molecular formula is C12H23NO. The number of hydrogen-bond donors (Lipinski definition) is 1. The van der Waals surface area contributed by atoms with Crippen molar-refractivity contribution in [3.8, 4) is 0 Å². The Morgan fingerprint density at radius 2 is 1.86 bits per heavy atom. The molecule has 0 bridgehead atoms. The van der Waals surface area contributed by atoms with Crippen LogP contribution in [-0.4, -0.2) is 18.8 Å². The van der Waals surface area contributed by atoms with E-state index in [-0.39, 0.29) is 5.60 Å². The number of hydrogen-bond acceptors (Lipinski definition) is 2. The summed E-state index contributed by atoms with van der Waals surface area (Å²) in [5.74, 6) is 0.624. The molecule has 2 heteroatoms. The third-order valence-electron chi connectivity index (χ3n) is 4.33. The molecule has 1 saturated carbocycles. The highest BCUT2D eigenvalue weighted by Crippen LogP contribution is 2.48. The molecule has 1 saturated heterocycles. The van der Waals surface area contributed by atoms with Crippen molar-refractivity contribution in [2.45, 2.75) is 51.6 Å². The van der Waals surface area contributed by atoms with E-state index in [9.17, 15) is 0 Å². The fraction of sp³-hybridized carbons (Fsp3) is 1.00. The zero-order chi connectivity index (χ0) is 10.2. The summed E-state index contributed by atoms with van der Waals surface area (Å²) in [6.07, 6.45) is 6.22. The largest absolute Gasteiger partial charge is 0.375 e. The van der Waals surface area contributed by atoms with Gasteiger partial charge in [-0.1, -0.05) is 13.8 Å². The smallest absolute Gasteiger partial charge is 0.0723 e. The minimum Gasteiger partial charge on any atom is -0.375 e. The molecular weight excluding hydrogens is 174 g/mol. The van der Waals surface area contributed by atoms with Crippen LogP contribution in [-0.2, 0) is 4.74 Å². The Bertz CT molecular complexity index is 202. The molecule has 1 aliphatic heterocycles. The third-order valence-corrected chi connectivity index (χ3v) is 4.33. The minimum atomic E-state index is 0.171. The van der Waals surface area contributed by atoms with Crippen molar-refractivity contribution in [1.82, 2.24) is 0 Å². The van der Waals surface area contributed by atoms with Crippen LogP contribution in [0.5, 0.6) is 0 Å². The molecule has 0 radical (unpaired) electrons. The molecule has 0 amide bonds. The molecule has 1 heterocycles. The fourth-order valence-corrected chi connectivity index (χ4v) is 3.02. The first-order valence-corrected chi connectivity index (χ1v) is 5.92. The van der Waals surface area contributed by atoms with Gasteiger partial charge < -0.3 is 10.5 Å². The first kappa shape index (κ1) is 10.4. The molecule has 2 aliphatic rings. The highest BCUT2D eigenvalue weighted by Gasteiger charge is 2.47. The maximum Gasteiger partial charge on any atom is 0.0723 e. The zero-order valence-corrected chi connectivity index (χ0v) is 9.51. The van der Waals surface area contributed by atoms with Crippen LogP contribution in [0.4, 0.5) is 0 Å². The number of rotatable bonds is 1. The lowest BCUT2D eigenvalue weighted by Gasteiger charge is -2.43. The summed E-state index contributed by atoms with van der Waals surface area (Å²) in [7, 11) is 0. The van der Waals surface area contributed by atoms with E-state index in [1.54, 1.807) is 0 Å². The van der Waals surface area contributed by atoms with Crippen LogP contribution in [0.15, 0.2) is 0 Å². The van der Waals surface area contributed by atoms with Crippen molar-refractivity contribution in [3.05, 3.63) is 0 Å². The van der Waals surface area contributed by atoms with Crippen molar-refractivity contribution in [2.75, 3.05) is 13.2 Å². The van der Waals surface area contributed by atoms with E-state index in [0.717, 1.165) is 13.2 Å². The van der Waals surface area contributed by atoms with Gasteiger partial charge in [0.15, 0.2) is 0 Å². The Morgan fingerprint density at radius 1 is 1.21 bits per heavy atom. The predicted octanol–water partition coefficient (Wildman–Crippen LogP) is 2.32. The molecule has 1 aliphatic carbocycles. The summed E-state index contributed by atoms with van der Waals surface area (Å²) >= 11 is 0. The summed E-state index contributed by atoms with van der Waals surface area (Å²) in [5.41, 5.74) is 6.52. The molecule has 14 heavy (non-hydrogen) atoms. The minimum absolute atomic E-state index is 0.171. The Morgan fingerprint density at radius 3 is 2.43 bits per heavy atom. The molecule has 2 nitrogen and oxygen atoms in total. The molecule has 1 spiro atoms. The Labute approximate surface area is 87.2 Å². The molecule has 0 aromatic heterocycles. The van der Waals surface area contributed by atoms with Crippen molar-refractivity contribution >= 4 is 0 Å². The Hall–Kier alpha value is -0.0800. The molecule has 0 aromatic rings. The normalized spacial score (nSPS) is 34.9. The van der Waals surface area contributed by atoms with Crippen molar-refractivity contribution in [2.24, 2.45) is 17.1 Å². The summed E-state index contributed by atoms with van der Waals surface area (Å²) in [4.78, 5) is 0. The SMILES string of the molecule is CC1(C)CCC2(CC1)OCCC2CN. The van der Waals surface area contributed by atoms with E-state index < -0.39 is 0 Å². The van der Waals surface area contributed by atoms with Gasteiger partial charge in [-0.25, -0.2) is 0 Å². The van der Waals surface area contributed by atoms with Gasteiger partial charge >= 0.3 is 0 Å². The standard InChI is InChI=1S/C12H23NO/c1-11(2)4-6-12(7-5-11)10(9-13)3-8-14-12/h10H,3-9,13H2,1-2H3. The van der Waals surface area contributed by atoms with E-state index in [1.165, 1.54) is 32.1 Å². The predicted molar refractivity (Wildman–Crippen MR) is 58.1 cm³/mol. The average Bonchev–Trinajstić information content (AvgIpc) is 2.54. The zero-order valence-electron chi connectivity index (χ0n) is 9.51. The van der Waals surface area contributed by atoms with E-state index in [2.05, 4.69) is 13.8 Å². The van der Waals surface area contributed by atoms with Gasteiger partial charge in [-0.15, -0.1) is 0 Å². The van der Waals surface area contributed by atoms with Gasteiger partial charge in [0.1, 0.15) is 0 Å². The van der Waals surface area contributed by atoms with Crippen LogP contribution in [0, 0.1) is 11.3 Å². The second-order valence-corrected chi connectivity index (χ2v) is 5.80. The van der Waals surface area contributed by atoms with Crippen LogP contribution >= 0.6 is 0 Å². The first-order chi connectivity index (χ1) is 6.58. The molecule has 1 unspecified atom stereocenters. The molecule has 2 fully saturated rings. The Balaban J connectivity index is 2.04. The van der Waals surface area contributed by atoms with Gasteiger partial charge in [-0.05, 0) is 44.1 Å². The van der Waals surface area contributed by atoms with Crippen molar-refractivity contribution in [1.29, 1.82) is 0 Å². The van der Waals surface area contributed by atoms with Gasteiger partial charge in [0.25, 0.3) is 0 Å². The van der Waals surface area contributed by atoms with E-state index in [1.807, 2.05) is 0 Å². The molecule has 82 valence electrons. The fourth-order valence-electron chi connectivity index (χ4n) is 3.02. The van der Waals surface area contributed by atoms with Gasteiger partial charge in [0, 0.05) is 12.5 Å². The maximum absolute atomic E-state index is 6.00. The summed E-state index contributed by atoms with van der Waals surface area (Å²) in [6, 6.07) is 0. The molecule has 2 N–H and O–H groups in total. The van der Waals surface area contributed by atoms with Gasteiger partial charge in [0.2, 0.25) is 0 Å². The van der Waals surface area contributed by atoms with E-state index >= 15 is 0 Å². The van der Waals surface area contributed by atoms with Crippen molar-refractivity contribution < 1.29 is 4.74 Å². The highest BCUT2D eigenvalue weighted by molar-refractivity contribution is 4.98. The highest BCUT2D eigenvalue weighted by atomic mass is 16.5. The van der Waals surface area contributed by atoms with Crippen LogP contribution in [0.1, 0.15) is 46.0 Å². The van der Waals surface area contributed by atoms with Gasteiger partial charge in [0.05, 0.1) is 5.60 Å². The summed E-state index contributed by atoms with van der Waals surface area (Å²) < 4.78 is 6.00. The van der Waals surface area contributed by atoms with Gasteiger partial charge in [-0.2, -0.15) is 0 Å². The van der Waals surface area contributed by atoms with Crippen LogP contribution in [0.25, 0.3) is 0 Å². The average molecular weight is 197 g/mol. The lowest BCUT2D eigenvalue weighted by atomic mass is 9.67. The lowest BCUT2D eigenvalue weighted by molar-refractivity contribution is -0.0688. The summed E-state index contributed by atoms with van der Waals surface area (Å²) in [6.45, 7) is 6.47. The van der Waals surface area contributed by atoms with E-state index in [0.29, 0.717) is 11.3 Å². The second kappa shape index (κ2) is 3.49. The number of nitrogens with two attached hydrogens (primary N) is 1.